The maximum atomic E-state index is 12.8. The number of carbonyl (C=O) groups excluding carboxylic acids is 1. The van der Waals surface area contributed by atoms with Crippen molar-refractivity contribution in [3.8, 4) is 5.75 Å². The molecular weight excluding hydrogens is 371 g/mol. The molecule has 1 aliphatic heterocycles. The van der Waals surface area contributed by atoms with Crippen LogP contribution in [0.4, 0.5) is 24.5 Å². The number of rotatable bonds is 4. The van der Waals surface area contributed by atoms with Crippen molar-refractivity contribution in [3.63, 3.8) is 0 Å². The van der Waals surface area contributed by atoms with Crippen molar-refractivity contribution in [1.82, 2.24) is 0 Å². The van der Waals surface area contributed by atoms with Gasteiger partial charge in [-0.3, -0.25) is 4.79 Å². The normalized spacial score (nSPS) is 16.6. The van der Waals surface area contributed by atoms with Crippen LogP contribution >= 0.6 is 0 Å². The molecule has 0 bridgehead atoms. The second kappa shape index (κ2) is 8.10. The molecule has 28 heavy (non-hydrogen) atoms. The second-order valence-corrected chi connectivity index (χ2v) is 6.95. The average molecular weight is 394 g/mol. The highest BCUT2D eigenvalue weighted by Gasteiger charge is 2.32. The number of phenols is 1. The summed E-state index contributed by atoms with van der Waals surface area (Å²) in [5.74, 6) is -0.0831. The molecule has 0 aliphatic carbocycles. The molecule has 1 atom stereocenters. The van der Waals surface area contributed by atoms with Crippen LogP contribution in [-0.2, 0) is 11.0 Å². The zero-order valence-electron chi connectivity index (χ0n) is 15.5. The van der Waals surface area contributed by atoms with Crippen molar-refractivity contribution in [1.29, 1.82) is 0 Å². The molecule has 150 valence electrons. The molecule has 1 heterocycles. The lowest BCUT2D eigenvalue weighted by molar-refractivity contribution is -0.914. The number of nitrogens with zero attached hydrogens (tertiary/aromatic N) is 1. The lowest BCUT2D eigenvalue weighted by Gasteiger charge is -2.36. The Hall–Kier alpha value is -2.74. The molecule has 1 amide bonds. The molecule has 1 saturated heterocycles. The quantitative estimate of drug-likeness (QED) is 0.745. The molecule has 2 aromatic rings. The van der Waals surface area contributed by atoms with Gasteiger partial charge in [0.05, 0.1) is 31.7 Å². The van der Waals surface area contributed by atoms with E-state index in [-0.39, 0.29) is 23.4 Å². The monoisotopic (exact) mass is 394 g/mol. The van der Waals surface area contributed by atoms with E-state index in [1.807, 2.05) is 12.1 Å². The fraction of sp³-hybridized carbons (Fsp3) is 0.350. The smallest absolute Gasteiger partial charge is 0.416 e. The van der Waals surface area contributed by atoms with Crippen LogP contribution in [0, 0.1) is 0 Å². The Bertz CT molecular complexity index is 816. The van der Waals surface area contributed by atoms with Gasteiger partial charge >= 0.3 is 6.18 Å². The molecular formula is C20H23F3N3O2+. The number of alkyl halides is 3. The Kier molecular flexibility index (Phi) is 5.79. The molecule has 1 aliphatic rings. The molecule has 2 aromatic carbocycles. The van der Waals surface area contributed by atoms with Crippen molar-refractivity contribution in [2.75, 3.05) is 36.4 Å². The largest absolute Gasteiger partial charge is 0.508 e. The number of halogens is 3. The van der Waals surface area contributed by atoms with E-state index in [4.69, 9.17) is 0 Å². The van der Waals surface area contributed by atoms with E-state index < -0.39 is 11.7 Å². The van der Waals surface area contributed by atoms with Crippen molar-refractivity contribution < 1.29 is 28.0 Å². The molecule has 5 nitrogen and oxygen atoms in total. The SMILES string of the molecule is C[C@@H](C(=O)Nc1cccc(C(F)(F)F)c1)[NH+]1CCN(c2ccc(O)cc2)CC1. The fourth-order valence-electron chi connectivity index (χ4n) is 3.36. The van der Waals surface area contributed by atoms with Gasteiger partial charge in [0.2, 0.25) is 0 Å². The molecule has 3 N–H and O–H groups in total. The molecule has 1 fully saturated rings. The van der Waals surface area contributed by atoms with E-state index in [1.54, 1.807) is 19.1 Å². The molecule has 0 radical (unpaired) electrons. The van der Waals surface area contributed by atoms with Crippen molar-refractivity contribution in [2.45, 2.75) is 19.1 Å². The number of anilines is 2. The number of piperazine rings is 1. The zero-order chi connectivity index (χ0) is 20.3. The number of carbonyl (C=O) groups is 1. The molecule has 0 aromatic heterocycles. The first-order valence-electron chi connectivity index (χ1n) is 9.11. The van der Waals surface area contributed by atoms with E-state index in [2.05, 4.69) is 10.2 Å². The van der Waals surface area contributed by atoms with Crippen LogP contribution in [-0.4, -0.2) is 43.2 Å². The van der Waals surface area contributed by atoms with E-state index in [9.17, 15) is 23.1 Å². The summed E-state index contributed by atoms with van der Waals surface area (Å²) in [6, 6.07) is 11.3. The highest BCUT2D eigenvalue weighted by atomic mass is 19.4. The highest BCUT2D eigenvalue weighted by molar-refractivity contribution is 5.93. The Balaban J connectivity index is 1.57. The Morgan fingerprint density at radius 3 is 2.39 bits per heavy atom. The standard InChI is InChI=1S/C20H22F3N3O2/c1-14(19(28)24-16-4-2-3-15(13-16)20(21,22)23)25-9-11-26(12-10-25)17-5-7-18(27)8-6-17/h2-8,13-14,27H,9-12H2,1H3,(H,24,28)/p+1/t14-/m0/s1. The van der Waals surface area contributed by atoms with Crippen LogP contribution in [0.3, 0.4) is 0 Å². The number of amides is 1. The van der Waals surface area contributed by atoms with E-state index >= 15 is 0 Å². The fourth-order valence-corrected chi connectivity index (χ4v) is 3.36. The lowest BCUT2D eigenvalue weighted by Crippen LogP contribution is -3.19. The van der Waals surface area contributed by atoms with E-state index in [0.29, 0.717) is 0 Å². The van der Waals surface area contributed by atoms with E-state index in [1.165, 1.54) is 12.1 Å². The molecule has 0 spiro atoms. The third kappa shape index (κ3) is 4.75. The number of quaternary nitrogens is 1. The predicted octanol–water partition coefficient (Wildman–Crippen LogP) is 2.14. The van der Waals surface area contributed by atoms with Crippen molar-refractivity contribution in [3.05, 3.63) is 54.1 Å². The van der Waals surface area contributed by atoms with Gasteiger partial charge in [-0.2, -0.15) is 13.2 Å². The third-order valence-electron chi connectivity index (χ3n) is 5.08. The first kappa shape index (κ1) is 20.0. The second-order valence-electron chi connectivity index (χ2n) is 6.95. The summed E-state index contributed by atoms with van der Waals surface area (Å²) < 4.78 is 38.5. The molecule has 3 rings (SSSR count). The summed E-state index contributed by atoms with van der Waals surface area (Å²) in [5, 5.41) is 12.0. The summed E-state index contributed by atoms with van der Waals surface area (Å²) in [5.41, 5.74) is 0.375. The maximum absolute atomic E-state index is 12.8. The van der Waals surface area contributed by atoms with Crippen LogP contribution < -0.4 is 15.1 Å². The third-order valence-corrected chi connectivity index (χ3v) is 5.08. The van der Waals surface area contributed by atoms with Gasteiger partial charge in [-0.15, -0.1) is 0 Å². The van der Waals surface area contributed by atoms with Gasteiger partial charge in [-0.05, 0) is 49.4 Å². The van der Waals surface area contributed by atoms with Crippen molar-refractivity contribution in [2.24, 2.45) is 0 Å². The Labute approximate surface area is 161 Å². The molecule has 0 unspecified atom stereocenters. The van der Waals surface area contributed by atoms with Crippen molar-refractivity contribution >= 4 is 17.3 Å². The summed E-state index contributed by atoms with van der Waals surface area (Å²) in [6.07, 6.45) is -4.44. The van der Waals surface area contributed by atoms with Crippen LogP contribution in [0.5, 0.6) is 5.75 Å². The number of phenolic OH excluding ortho intramolecular Hbond substituents is 1. The first-order chi connectivity index (χ1) is 13.2. The van der Waals surface area contributed by atoms with Gasteiger partial charge < -0.3 is 20.2 Å². The maximum Gasteiger partial charge on any atom is 0.416 e. The zero-order valence-corrected chi connectivity index (χ0v) is 15.5. The number of benzene rings is 2. The summed E-state index contributed by atoms with van der Waals surface area (Å²) in [4.78, 5) is 15.8. The highest BCUT2D eigenvalue weighted by Crippen LogP contribution is 2.30. The average Bonchev–Trinajstić information content (AvgIpc) is 2.68. The Morgan fingerprint density at radius 2 is 1.79 bits per heavy atom. The predicted molar refractivity (Wildman–Crippen MR) is 101 cm³/mol. The summed E-state index contributed by atoms with van der Waals surface area (Å²) >= 11 is 0. The van der Waals surface area contributed by atoms with Gasteiger partial charge in [-0.25, -0.2) is 0 Å². The van der Waals surface area contributed by atoms with E-state index in [0.717, 1.165) is 48.9 Å². The number of nitrogens with one attached hydrogen (secondary N) is 2. The van der Waals surface area contributed by atoms with Crippen LogP contribution in [0.25, 0.3) is 0 Å². The molecule has 8 heteroatoms. The summed E-state index contributed by atoms with van der Waals surface area (Å²) in [7, 11) is 0. The minimum Gasteiger partial charge on any atom is -0.508 e. The number of aromatic hydroxyl groups is 1. The summed E-state index contributed by atoms with van der Waals surface area (Å²) in [6.45, 7) is 4.76. The van der Waals surface area contributed by atoms with Gasteiger partial charge in [0.15, 0.2) is 6.04 Å². The lowest BCUT2D eigenvalue weighted by atomic mass is 10.1. The Morgan fingerprint density at radius 1 is 1.14 bits per heavy atom. The topological polar surface area (TPSA) is 57.0 Å². The minimum absolute atomic E-state index is 0.147. The number of hydrogen-bond acceptors (Lipinski definition) is 3. The first-order valence-corrected chi connectivity index (χ1v) is 9.11. The number of hydrogen-bond donors (Lipinski definition) is 3. The van der Waals surface area contributed by atoms with Crippen LogP contribution in [0.2, 0.25) is 0 Å². The molecule has 0 saturated carbocycles. The van der Waals surface area contributed by atoms with Gasteiger partial charge in [0.25, 0.3) is 5.91 Å². The van der Waals surface area contributed by atoms with Gasteiger partial charge in [0.1, 0.15) is 5.75 Å². The van der Waals surface area contributed by atoms with Crippen LogP contribution in [0.15, 0.2) is 48.5 Å². The van der Waals surface area contributed by atoms with Crippen LogP contribution in [0.1, 0.15) is 12.5 Å². The van der Waals surface area contributed by atoms with Gasteiger partial charge in [0, 0.05) is 11.4 Å². The van der Waals surface area contributed by atoms with Gasteiger partial charge in [-0.1, -0.05) is 6.07 Å². The minimum atomic E-state index is -4.44.